The van der Waals surface area contributed by atoms with Crippen LogP contribution in [-0.4, -0.2) is 11.7 Å². The molecule has 0 radical (unpaired) electrons. The zero-order chi connectivity index (χ0) is 11.6. The number of hydrogen-bond donors (Lipinski definition) is 1. The van der Waals surface area contributed by atoms with Gasteiger partial charge < -0.3 is 5.11 Å². The topological polar surface area (TPSA) is 20.2 Å². The van der Waals surface area contributed by atoms with Crippen LogP contribution in [0.2, 0.25) is 0 Å². The van der Waals surface area contributed by atoms with Crippen LogP contribution in [0.5, 0.6) is 0 Å². The minimum atomic E-state index is 0.0419. The van der Waals surface area contributed by atoms with E-state index in [0.717, 1.165) is 12.8 Å². The molecule has 0 saturated heterocycles. The second kappa shape index (κ2) is 4.22. The third kappa shape index (κ3) is 3.27. The van der Waals surface area contributed by atoms with Gasteiger partial charge in [0, 0.05) is 6.61 Å². The second-order valence-corrected chi connectivity index (χ2v) is 6.69. The molecule has 0 rings (SSSR count). The summed E-state index contributed by atoms with van der Waals surface area (Å²) in [7, 11) is 0. The number of hydrogen-bond acceptors (Lipinski definition) is 1. The van der Waals surface area contributed by atoms with Gasteiger partial charge in [-0.1, -0.05) is 48.5 Å². The van der Waals surface area contributed by atoms with Crippen LogP contribution in [0.3, 0.4) is 0 Å². The van der Waals surface area contributed by atoms with Gasteiger partial charge in [-0.3, -0.25) is 0 Å². The Morgan fingerprint density at radius 2 is 1.36 bits per heavy atom. The van der Waals surface area contributed by atoms with Crippen molar-refractivity contribution >= 4 is 0 Å². The van der Waals surface area contributed by atoms with Gasteiger partial charge in [0.15, 0.2) is 0 Å². The summed E-state index contributed by atoms with van der Waals surface area (Å²) in [4.78, 5) is 0. The molecule has 0 aliphatic heterocycles. The van der Waals surface area contributed by atoms with Gasteiger partial charge in [-0.05, 0) is 29.1 Å². The van der Waals surface area contributed by atoms with Gasteiger partial charge in [-0.15, -0.1) is 0 Å². The molecule has 1 unspecified atom stereocenters. The maximum absolute atomic E-state index is 9.52. The molecular formula is C13H28O. The van der Waals surface area contributed by atoms with Crippen molar-refractivity contribution in [1.29, 1.82) is 0 Å². The summed E-state index contributed by atoms with van der Waals surface area (Å²) in [5.74, 6) is 0. The quantitative estimate of drug-likeness (QED) is 0.730. The zero-order valence-corrected chi connectivity index (χ0v) is 11.1. The first kappa shape index (κ1) is 14.0. The van der Waals surface area contributed by atoms with Crippen molar-refractivity contribution in [2.24, 2.45) is 16.2 Å². The molecule has 14 heavy (non-hydrogen) atoms. The third-order valence-electron chi connectivity index (χ3n) is 3.74. The lowest BCUT2D eigenvalue weighted by Crippen LogP contribution is -2.40. The molecule has 0 bridgehead atoms. The predicted molar refractivity (Wildman–Crippen MR) is 63.3 cm³/mol. The van der Waals surface area contributed by atoms with Crippen LogP contribution < -0.4 is 0 Å². The molecule has 1 heteroatoms. The molecule has 1 atom stereocenters. The van der Waals surface area contributed by atoms with Crippen molar-refractivity contribution in [2.75, 3.05) is 6.61 Å². The van der Waals surface area contributed by atoms with Crippen molar-refractivity contribution in [3.63, 3.8) is 0 Å². The lowest BCUT2D eigenvalue weighted by Gasteiger charge is -2.46. The van der Waals surface area contributed by atoms with Crippen LogP contribution in [0, 0.1) is 16.2 Å². The van der Waals surface area contributed by atoms with Gasteiger partial charge in [0.1, 0.15) is 0 Å². The van der Waals surface area contributed by atoms with Gasteiger partial charge in [-0.25, -0.2) is 0 Å². The SMILES string of the molecule is CCC(C)(CO)C(C)(C)CC(C)(C)C. The third-order valence-corrected chi connectivity index (χ3v) is 3.74. The van der Waals surface area contributed by atoms with Gasteiger partial charge >= 0.3 is 0 Å². The van der Waals surface area contributed by atoms with Crippen molar-refractivity contribution in [3.8, 4) is 0 Å². The Bertz CT molecular complexity index is 170. The van der Waals surface area contributed by atoms with Crippen LogP contribution in [-0.2, 0) is 0 Å². The smallest absolute Gasteiger partial charge is 0.0489 e. The average Bonchev–Trinajstić information content (AvgIpc) is 1.98. The number of aliphatic hydroxyl groups excluding tert-OH is 1. The average molecular weight is 200 g/mol. The molecule has 0 aromatic carbocycles. The Hall–Kier alpha value is -0.0400. The van der Waals surface area contributed by atoms with E-state index in [2.05, 4.69) is 48.5 Å². The molecule has 0 amide bonds. The van der Waals surface area contributed by atoms with E-state index >= 15 is 0 Å². The molecule has 0 aliphatic rings. The molecule has 0 heterocycles. The van der Waals surface area contributed by atoms with Crippen LogP contribution in [0.4, 0.5) is 0 Å². The predicted octanol–water partition coefficient (Wildman–Crippen LogP) is 3.86. The van der Waals surface area contributed by atoms with Crippen molar-refractivity contribution in [2.45, 2.75) is 61.3 Å². The first-order valence-corrected chi connectivity index (χ1v) is 5.69. The standard InChI is InChI=1S/C13H28O/c1-8-13(7,10-14)12(5,6)9-11(2,3)4/h14H,8-10H2,1-7H3. The van der Waals surface area contributed by atoms with E-state index in [9.17, 15) is 5.11 Å². The van der Waals surface area contributed by atoms with Crippen LogP contribution in [0.25, 0.3) is 0 Å². The van der Waals surface area contributed by atoms with E-state index in [1.807, 2.05) is 0 Å². The van der Waals surface area contributed by atoms with Crippen molar-refractivity contribution in [3.05, 3.63) is 0 Å². The lowest BCUT2D eigenvalue weighted by atomic mass is 9.60. The fourth-order valence-electron chi connectivity index (χ4n) is 2.34. The van der Waals surface area contributed by atoms with E-state index in [1.165, 1.54) is 0 Å². The first-order valence-electron chi connectivity index (χ1n) is 5.69. The molecule has 0 aromatic rings. The summed E-state index contributed by atoms with van der Waals surface area (Å²) in [6, 6.07) is 0. The van der Waals surface area contributed by atoms with Gasteiger partial charge in [0.25, 0.3) is 0 Å². The fraction of sp³-hybridized carbons (Fsp3) is 1.00. The van der Waals surface area contributed by atoms with Gasteiger partial charge in [-0.2, -0.15) is 0 Å². The molecule has 1 nitrogen and oxygen atoms in total. The normalized spacial score (nSPS) is 18.0. The van der Waals surface area contributed by atoms with Gasteiger partial charge in [0.05, 0.1) is 0 Å². The summed E-state index contributed by atoms with van der Waals surface area (Å²) in [6.45, 7) is 16.0. The highest BCUT2D eigenvalue weighted by atomic mass is 16.3. The molecular weight excluding hydrogens is 172 g/mol. The van der Waals surface area contributed by atoms with E-state index in [0.29, 0.717) is 5.41 Å². The molecule has 1 N–H and O–H groups in total. The highest BCUT2D eigenvalue weighted by molar-refractivity contribution is 4.90. The second-order valence-electron chi connectivity index (χ2n) is 6.69. The van der Waals surface area contributed by atoms with Crippen LogP contribution in [0.15, 0.2) is 0 Å². The minimum Gasteiger partial charge on any atom is -0.396 e. The maximum atomic E-state index is 9.52. The zero-order valence-electron chi connectivity index (χ0n) is 11.1. The number of rotatable bonds is 4. The van der Waals surface area contributed by atoms with Crippen LogP contribution >= 0.6 is 0 Å². The maximum Gasteiger partial charge on any atom is 0.0489 e. The summed E-state index contributed by atoms with van der Waals surface area (Å²) in [6.07, 6.45) is 2.18. The van der Waals surface area contributed by atoms with Crippen molar-refractivity contribution in [1.82, 2.24) is 0 Å². The summed E-state index contributed by atoms with van der Waals surface area (Å²) >= 11 is 0. The van der Waals surface area contributed by atoms with E-state index in [4.69, 9.17) is 0 Å². The summed E-state index contributed by atoms with van der Waals surface area (Å²) in [5, 5.41) is 9.52. The first-order chi connectivity index (χ1) is 6.08. The fourth-order valence-corrected chi connectivity index (χ4v) is 2.34. The van der Waals surface area contributed by atoms with Gasteiger partial charge in [0.2, 0.25) is 0 Å². The highest BCUT2D eigenvalue weighted by Crippen LogP contribution is 2.48. The lowest BCUT2D eigenvalue weighted by molar-refractivity contribution is -0.0104. The van der Waals surface area contributed by atoms with E-state index < -0.39 is 0 Å². The monoisotopic (exact) mass is 200 g/mol. The van der Waals surface area contributed by atoms with E-state index in [-0.39, 0.29) is 17.4 Å². The summed E-state index contributed by atoms with van der Waals surface area (Å²) in [5.41, 5.74) is 0.560. The number of aliphatic hydroxyl groups is 1. The Labute approximate surface area is 89.9 Å². The Morgan fingerprint density at radius 3 is 1.57 bits per heavy atom. The molecule has 86 valence electrons. The molecule has 0 spiro atoms. The van der Waals surface area contributed by atoms with E-state index in [1.54, 1.807) is 0 Å². The van der Waals surface area contributed by atoms with Crippen molar-refractivity contribution < 1.29 is 5.11 Å². The minimum absolute atomic E-state index is 0.0419. The Kier molecular flexibility index (Phi) is 4.21. The molecule has 0 aliphatic carbocycles. The van der Waals surface area contributed by atoms with Crippen LogP contribution in [0.1, 0.15) is 61.3 Å². The summed E-state index contributed by atoms with van der Waals surface area (Å²) < 4.78 is 0. The molecule has 0 fully saturated rings. The Morgan fingerprint density at radius 1 is 0.929 bits per heavy atom. The molecule has 0 saturated carbocycles. The molecule has 0 aromatic heterocycles. The Balaban J connectivity index is 4.75. The highest BCUT2D eigenvalue weighted by Gasteiger charge is 2.41. The largest absolute Gasteiger partial charge is 0.396 e.